The smallest absolute Gasteiger partial charge is 0.408 e. The van der Waals surface area contributed by atoms with Crippen LogP contribution < -0.4 is 10.6 Å². The van der Waals surface area contributed by atoms with Gasteiger partial charge in [0.2, 0.25) is 11.8 Å². The number of carbonyl (C=O) groups excluding carboxylic acids is 3. The number of hydrogen-bond acceptors (Lipinski definition) is 4. The van der Waals surface area contributed by atoms with Gasteiger partial charge in [-0.25, -0.2) is 4.79 Å². The zero-order valence-electron chi connectivity index (χ0n) is 21.1. The Labute approximate surface area is 202 Å². The summed E-state index contributed by atoms with van der Waals surface area (Å²) in [5, 5.41) is 5.51. The van der Waals surface area contributed by atoms with Crippen LogP contribution >= 0.6 is 0 Å². The van der Waals surface area contributed by atoms with Crippen molar-refractivity contribution in [2.24, 2.45) is 0 Å². The van der Waals surface area contributed by atoms with E-state index in [-0.39, 0.29) is 24.4 Å². The highest BCUT2D eigenvalue weighted by atomic mass is 16.6. The molecule has 7 nitrogen and oxygen atoms in total. The van der Waals surface area contributed by atoms with E-state index in [1.165, 1.54) is 0 Å². The van der Waals surface area contributed by atoms with E-state index < -0.39 is 17.7 Å². The number of nitrogens with zero attached hydrogens (tertiary/aromatic N) is 1. The monoisotopic (exact) mass is 467 g/mol. The molecule has 2 unspecified atom stereocenters. The summed E-state index contributed by atoms with van der Waals surface area (Å²) in [6.07, 6.45) is -0.0301. The summed E-state index contributed by atoms with van der Waals surface area (Å²) in [5.74, 6) is -0.637. The maximum absolute atomic E-state index is 13.5. The molecule has 184 valence electrons. The lowest BCUT2D eigenvalue weighted by atomic mass is 9.99. The molecule has 0 saturated heterocycles. The number of ether oxygens (including phenoxy) is 1. The summed E-state index contributed by atoms with van der Waals surface area (Å²) in [4.78, 5) is 40.6. The Morgan fingerprint density at radius 3 is 2.26 bits per heavy atom. The van der Waals surface area contributed by atoms with Gasteiger partial charge in [0.1, 0.15) is 18.2 Å². The third-order valence-corrected chi connectivity index (χ3v) is 5.33. The molecule has 0 radical (unpaired) electrons. The van der Waals surface area contributed by atoms with Crippen LogP contribution in [0.1, 0.15) is 63.8 Å². The summed E-state index contributed by atoms with van der Waals surface area (Å²) in [7, 11) is 0. The molecular formula is C27H37N3O4. The molecule has 0 aliphatic carbocycles. The normalized spacial score (nSPS) is 12.9. The summed E-state index contributed by atoms with van der Waals surface area (Å²) in [6, 6.07) is 16.1. The number of hydrogen-bond donors (Lipinski definition) is 2. The van der Waals surface area contributed by atoms with E-state index in [9.17, 15) is 14.4 Å². The second-order valence-electron chi connectivity index (χ2n) is 9.43. The fourth-order valence-corrected chi connectivity index (χ4v) is 3.55. The van der Waals surface area contributed by atoms with Crippen molar-refractivity contribution in [2.75, 3.05) is 6.54 Å². The third-order valence-electron chi connectivity index (χ3n) is 5.33. The van der Waals surface area contributed by atoms with E-state index in [1.807, 2.05) is 75.4 Å². The van der Waals surface area contributed by atoms with Gasteiger partial charge in [-0.3, -0.25) is 9.59 Å². The van der Waals surface area contributed by atoms with Crippen molar-refractivity contribution in [1.82, 2.24) is 15.5 Å². The molecule has 0 heterocycles. The van der Waals surface area contributed by atoms with Crippen LogP contribution in [0.15, 0.2) is 54.6 Å². The van der Waals surface area contributed by atoms with Crippen molar-refractivity contribution in [3.05, 3.63) is 71.3 Å². The van der Waals surface area contributed by atoms with Gasteiger partial charge in [0.05, 0.1) is 0 Å². The summed E-state index contributed by atoms with van der Waals surface area (Å²) < 4.78 is 5.25. The Balaban J connectivity index is 2.31. The Morgan fingerprint density at radius 2 is 1.68 bits per heavy atom. The predicted molar refractivity (Wildman–Crippen MR) is 133 cm³/mol. The molecule has 0 spiro atoms. The van der Waals surface area contributed by atoms with Gasteiger partial charge in [-0.05, 0) is 52.2 Å². The zero-order valence-corrected chi connectivity index (χ0v) is 21.1. The topological polar surface area (TPSA) is 87.7 Å². The van der Waals surface area contributed by atoms with E-state index in [4.69, 9.17) is 4.74 Å². The van der Waals surface area contributed by atoms with Crippen LogP contribution in [0.4, 0.5) is 4.79 Å². The van der Waals surface area contributed by atoms with Gasteiger partial charge in [-0.2, -0.15) is 0 Å². The first-order chi connectivity index (χ1) is 16.0. The molecule has 2 aromatic rings. The van der Waals surface area contributed by atoms with Crippen LogP contribution in [0.5, 0.6) is 0 Å². The minimum Gasteiger partial charge on any atom is -0.444 e. The third kappa shape index (κ3) is 8.21. The molecule has 0 aliphatic rings. The molecule has 7 heteroatoms. The quantitative estimate of drug-likeness (QED) is 0.568. The van der Waals surface area contributed by atoms with Crippen LogP contribution in [-0.4, -0.2) is 41.0 Å². The van der Waals surface area contributed by atoms with Crippen LogP contribution in [-0.2, 0) is 20.9 Å². The largest absolute Gasteiger partial charge is 0.444 e. The Bertz CT molecular complexity index is 969. The number of amides is 3. The Kier molecular flexibility index (Phi) is 9.66. The van der Waals surface area contributed by atoms with Gasteiger partial charge in [-0.15, -0.1) is 0 Å². The predicted octanol–water partition coefficient (Wildman–Crippen LogP) is 4.50. The van der Waals surface area contributed by atoms with Gasteiger partial charge in [-0.1, -0.05) is 67.1 Å². The molecule has 2 atom stereocenters. The fourth-order valence-electron chi connectivity index (χ4n) is 3.55. The van der Waals surface area contributed by atoms with Gasteiger partial charge < -0.3 is 20.3 Å². The van der Waals surface area contributed by atoms with E-state index in [0.29, 0.717) is 13.0 Å². The van der Waals surface area contributed by atoms with E-state index >= 15 is 0 Å². The van der Waals surface area contributed by atoms with Crippen LogP contribution in [0.2, 0.25) is 0 Å². The maximum Gasteiger partial charge on any atom is 0.408 e. The molecule has 2 rings (SSSR count). The number of alkyl carbamates (subject to hydrolysis) is 1. The maximum atomic E-state index is 13.5. The van der Waals surface area contributed by atoms with Crippen molar-refractivity contribution in [2.45, 2.75) is 72.2 Å². The summed E-state index contributed by atoms with van der Waals surface area (Å²) in [6.45, 7) is 11.1. The molecule has 0 bridgehead atoms. The highest BCUT2D eigenvalue weighted by molar-refractivity contribution is 5.90. The second kappa shape index (κ2) is 12.2. The number of carbonyl (C=O) groups is 3. The Hall–Kier alpha value is -3.35. The van der Waals surface area contributed by atoms with Gasteiger partial charge in [0, 0.05) is 12.6 Å². The molecule has 0 aliphatic heterocycles. The lowest BCUT2D eigenvalue weighted by Crippen LogP contribution is -2.51. The van der Waals surface area contributed by atoms with Crippen molar-refractivity contribution >= 4 is 17.9 Å². The number of rotatable bonds is 9. The van der Waals surface area contributed by atoms with Crippen molar-refractivity contribution in [3.8, 4) is 0 Å². The fraction of sp³-hybridized carbons (Fsp3) is 0.444. The summed E-state index contributed by atoms with van der Waals surface area (Å²) >= 11 is 0. The molecule has 34 heavy (non-hydrogen) atoms. The molecule has 2 aromatic carbocycles. The van der Waals surface area contributed by atoms with Gasteiger partial charge >= 0.3 is 6.09 Å². The lowest BCUT2D eigenvalue weighted by Gasteiger charge is -2.36. The number of aryl methyl sites for hydroxylation is 1. The summed E-state index contributed by atoms with van der Waals surface area (Å²) in [5.41, 5.74) is 2.00. The molecule has 0 saturated carbocycles. The van der Waals surface area contributed by atoms with Crippen molar-refractivity contribution in [1.29, 1.82) is 0 Å². The lowest BCUT2D eigenvalue weighted by molar-refractivity contribution is -0.142. The highest BCUT2D eigenvalue weighted by Gasteiger charge is 2.34. The molecule has 0 fully saturated rings. The average Bonchev–Trinajstić information content (AvgIpc) is 2.78. The zero-order chi connectivity index (χ0) is 25.3. The van der Waals surface area contributed by atoms with Gasteiger partial charge in [0.15, 0.2) is 0 Å². The van der Waals surface area contributed by atoms with Crippen LogP contribution in [0.25, 0.3) is 0 Å². The molecule has 3 amide bonds. The first-order valence-corrected chi connectivity index (χ1v) is 11.7. The Morgan fingerprint density at radius 1 is 1.00 bits per heavy atom. The van der Waals surface area contributed by atoms with Crippen molar-refractivity contribution < 1.29 is 19.1 Å². The number of benzene rings is 2. The van der Waals surface area contributed by atoms with E-state index in [2.05, 4.69) is 10.6 Å². The average molecular weight is 468 g/mol. The number of nitrogens with one attached hydrogen (secondary N) is 2. The van der Waals surface area contributed by atoms with Gasteiger partial charge in [0.25, 0.3) is 0 Å². The molecule has 2 N–H and O–H groups in total. The first-order valence-electron chi connectivity index (χ1n) is 11.7. The van der Waals surface area contributed by atoms with Crippen LogP contribution in [0.3, 0.4) is 0 Å². The standard InChI is InChI=1S/C27H37N3O4/c1-7-20(3)30(23(31)18-29-26(33)34-27(4,5)6)24(22-15-11-12-19(2)16-22)25(32)28-17-21-13-9-8-10-14-21/h8-16,20,24H,7,17-18H2,1-6H3,(H,28,32)(H,29,33). The minimum absolute atomic E-state index is 0.235. The SMILES string of the molecule is CCC(C)N(C(=O)CNC(=O)OC(C)(C)C)C(C(=O)NCc1ccccc1)c1cccc(C)c1. The second-order valence-corrected chi connectivity index (χ2v) is 9.43. The van der Waals surface area contributed by atoms with E-state index in [1.54, 1.807) is 25.7 Å². The molecule has 0 aromatic heterocycles. The van der Waals surface area contributed by atoms with E-state index in [0.717, 1.165) is 16.7 Å². The van der Waals surface area contributed by atoms with Crippen LogP contribution in [0, 0.1) is 6.92 Å². The first kappa shape index (κ1) is 26.9. The minimum atomic E-state index is -0.841. The highest BCUT2D eigenvalue weighted by Crippen LogP contribution is 2.26. The molecular weight excluding hydrogens is 430 g/mol. The van der Waals surface area contributed by atoms with Crippen molar-refractivity contribution in [3.63, 3.8) is 0 Å².